The number of rotatable bonds is 2. The van der Waals surface area contributed by atoms with Crippen LogP contribution in [-0.4, -0.2) is 15.0 Å². The molecule has 5 nitrogen and oxygen atoms in total. The molecule has 0 atom stereocenters. The zero-order valence-electron chi connectivity index (χ0n) is 7.47. The Morgan fingerprint density at radius 3 is 2.64 bits per heavy atom. The highest BCUT2D eigenvalue weighted by Crippen LogP contribution is 2.23. The highest BCUT2D eigenvalue weighted by atomic mass is 32.2. The molecule has 0 unspecified atom stereocenters. The summed E-state index contributed by atoms with van der Waals surface area (Å²) in [5.41, 5.74) is 6.83. The fourth-order valence-corrected chi connectivity index (χ4v) is 1.49. The van der Waals surface area contributed by atoms with Gasteiger partial charge in [-0.1, -0.05) is 0 Å². The van der Waals surface area contributed by atoms with Gasteiger partial charge in [0.2, 0.25) is 0 Å². The molecule has 2 rings (SSSR count). The van der Waals surface area contributed by atoms with Gasteiger partial charge < -0.3 is 10.2 Å². The molecule has 0 aliphatic heterocycles. The molecule has 2 aromatic heterocycles. The van der Waals surface area contributed by atoms with Gasteiger partial charge in [0.15, 0.2) is 5.16 Å². The van der Waals surface area contributed by atoms with Gasteiger partial charge in [-0.25, -0.2) is 15.0 Å². The Labute approximate surface area is 84.8 Å². The van der Waals surface area contributed by atoms with Crippen LogP contribution in [0.15, 0.2) is 33.5 Å². The minimum atomic E-state index is 0.535. The lowest BCUT2D eigenvalue weighted by atomic mass is 10.6. The molecule has 2 N–H and O–H groups in total. The number of nitrogen functional groups attached to an aromatic ring is 1. The second-order valence-electron chi connectivity index (χ2n) is 2.66. The Hall–Kier alpha value is -1.56. The quantitative estimate of drug-likeness (QED) is 0.753. The first-order valence-electron chi connectivity index (χ1n) is 3.91. The molecule has 0 radical (unpaired) electrons. The van der Waals surface area contributed by atoms with Crippen molar-refractivity contribution in [1.29, 1.82) is 0 Å². The second kappa shape index (κ2) is 3.67. The molecule has 0 aliphatic rings. The second-order valence-corrected chi connectivity index (χ2v) is 3.57. The number of oxazole rings is 1. The monoisotopic (exact) mass is 208 g/mol. The molecule has 2 aromatic rings. The summed E-state index contributed by atoms with van der Waals surface area (Å²) < 4.78 is 5.14. The molecule has 0 bridgehead atoms. The van der Waals surface area contributed by atoms with E-state index in [0.717, 1.165) is 5.69 Å². The van der Waals surface area contributed by atoms with Crippen molar-refractivity contribution >= 4 is 17.4 Å². The molecule has 14 heavy (non-hydrogen) atoms. The number of hydrogen-bond donors (Lipinski definition) is 1. The third-order valence-corrected chi connectivity index (χ3v) is 2.18. The smallest absolute Gasteiger partial charge is 0.263 e. The van der Waals surface area contributed by atoms with Crippen LogP contribution in [0.25, 0.3) is 0 Å². The Morgan fingerprint density at radius 1 is 1.36 bits per heavy atom. The summed E-state index contributed by atoms with van der Waals surface area (Å²) in [6.45, 7) is 1.86. The van der Waals surface area contributed by atoms with E-state index in [9.17, 15) is 0 Å². The van der Waals surface area contributed by atoms with Crippen LogP contribution >= 0.6 is 11.8 Å². The highest BCUT2D eigenvalue weighted by molar-refractivity contribution is 7.98. The number of hydrogen-bond acceptors (Lipinski definition) is 6. The van der Waals surface area contributed by atoms with Gasteiger partial charge in [0.25, 0.3) is 5.22 Å². The van der Waals surface area contributed by atoms with Gasteiger partial charge in [-0.3, -0.25) is 0 Å². The number of nitrogens with zero attached hydrogens (tertiary/aromatic N) is 3. The average Bonchev–Trinajstić information content (AvgIpc) is 2.56. The average molecular weight is 208 g/mol. The molecular formula is C8H8N4OS. The first-order chi connectivity index (χ1) is 6.74. The van der Waals surface area contributed by atoms with E-state index < -0.39 is 0 Å². The summed E-state index contributed by atoms with van der Waals surface area (Å²) in [6, 6.07) is 0. The van der Waals surface area contributed by atoms with E-state index in [0.29, 0.717) is 16.1 Å². The zero-order valence-corrected chi connectivity index (χ0v) is 8.28. The zero-order chi connectivity index (χ0) is 9.97. The highest BCUT2D eigenvalue weighted by Gasteiger charge is 2.05. The fourth-order valence-electron chi connectivity index (χ4n) is 0.836. The summed E-state index contributed by atoms with van der Waals surface area (Å²) in [6.07, 6.45) is 4.68. The molecule has 6 heteroatoms. The van der Waals surface area contributed by atoms with Crippen molar-refractivity contribution in [2.45, 2.75) is 17.3 Å². The van der Waals surface area contributed by atoms with Gasteiger partial charge in [0.05, 0.1) is 23.8 Å². The number of nitrogens with two attached hydrogens (primary N) is 1. The molecule has 0 spiro atoms. The summed E-state index contributed by atoms with van der Waals surface area (Å²) in [5, 5.41) is 1.10. The molecule has 0 aromatic carbocycles. The van der Waals surface area contributed by atoms with Crippen molar-refractivity contribution in [3.63, 3.8) is 0 Å². The molecule has 72 valence electrons. The van der Waals surface area contributed by atoms with Crippen molar-refractivity contribution < 1.29 is 4.42 Å². The van der Waals surface area contributed by atoms with Crippen LogP contribution in [0.4, 0.5) is 5.69 Å². The minimum Gasteiger partial charge on any atom is -0.439 e. The van der Waals surface area contributed by atoms with Gasteiger partial charge >= 0.3 is 0 Å². The molecule has 0 saturated heterocycles. The molecule has 0 amide bonds. The van der Waals surface area contributed by atoms with Crippen LogP contribution in [-0.2, 0) is 0 Å². The first-order valence-corrected chi connectivity index (χ1v) is 4.73. The largest absolute Gasteiger partial charge is 0.439 e. The maximum atomic E-state index is 5.45. The summed E-state index contributed by atoms with van der Waals surface area (Å²) in [4.78, 5) is 12.1. The summed E-state index contributed by atoms with van der Waals surface area (Å²) in [7, 11) is 0. The first kappa shape index (κ1) is 9.01. The Morgan fingerprint density at radius 2 is 2.07 bits per heavy atom. The van der Waals surface area contributed by atoms with Crippen molar-refractivity contribution in [1.82, 2.24) is 15.0 Å². The van der Waals surface area contributed by atoms with Crippen molar-refractivity contribution in [2.75, 3.05) is 5.73 Å². The lowest BCUT2D eigenvalue weighted by Gasteiger charge is -1.94. The van der Waals surface area contributed by atoms with E-state index in [-0.39, 0.29) is 0 Å². The van der Waals surface area contributed by atoms with Crippen LogP contribution in [0.3, 0.4) is 0 Å². The van der Waals surface area contributed by atoms with Crippen molar-refractivity contribution in [3.05, 3.63) is 24.4 Å². The number of aromatic nitrogens is 3. The van der Waals surface area contributed by atoms with E-state index in [1.165, 1.54) is 11.8 Å². The third-order valence-electron chi connectivity index (χ3n) is 1.42. The SMILES string of the molecule is Cc1coc(Sc2ncc(N)cn2)n1. The maximum absolute atomic E-state index is 5.45. The van der Waals surface area contributed by atoms with Crippen LogP contribution < -0.4 is 5.73 Å². The van der Waals surface area contributed by atoms with Crippen molar-refractivity contribution in [2.24, 2.45) is 0 Å². The Bertz CT molecular complexity index is 425. The van der Waals surface area contributed by atoms with Crippen LogP contribution in [0, 0.1) is 6.92 Å². The lowest BCUT2D eigenvalue weighted by molar-refractivity contribution is 0.453. The third kappa shape index (κ3) is 2.02. The van der Waals surface area contributed by atoms with E-state index in [4.69, 9.17) is 10.2 Å². The van der Waals surface area contributed by atoms with Crippen molar-refractivity contribution in [3.8, 4) is 0 Å². The predicted molar refractivity (Wildman–Crippen MR) is 51.8 cm³/mol. The molecule has 2 heterocycles. The van der Waals surface area contributed by atoms with Gasteiger partial charge in [0, 0.05) is 11.8 Å². The van der Waals surface area contributed by atoms with E-state index in [2.05, 4.69) is 15.0 Å². The van der Waals surface area contributed by atoms with E-state index >= 15 is 0 Å². The Balaban J connectivity index is 2.15. The minimum absolute atomic E-state index is 0.535. The summed E-state index contributed by atoms with van der Waals surface area (Å²) in [5.74, 6) is 0. The van der Waals surface area contributed by atoms with Crippen LogP contribution in [0.5, 0.6) is 0 Å². The standard InChI is InChI=1S/C8H8N4OS/c1-5-4-13-8(12-5)14-7-10-2-6(9)3-11-7/h2-4H,9H2,1H3. The number of aryl methyl sites for hydroxylation is 1. The van der Waals surface area contributed by atoms with E-state index in [1.807, 2.05) is 6.92 Å². The van der Waals surface area contributed by atoms with Gasteiger partial charge in [0.1, 0.15) is 6.26 Å². The molecule has 0 saturated carbocycles. The normalized spacial score (nSPS) is 10.4. The lowest BCUT2D eigenvalue weighted by Crippen LogP contribution is -1.90. The topological polar surface area (TPSA) is 77.8 Å². The van der Waals surface area contributed by atoms with Crippen LogP contribution in [0.2, 0.25) is 0 Å². The fraction of sp³-hybridized carbons (Fsp3) is 0.125. The molecule has 0 aliphatic carbocycles. The van der Waals surface area contributed by atoms with Crippen LogP contribution in [0.1, 0.15) is 5.69 Å². The maximum Gasteiger partial charge on any atom is 0.263 e. The van der Waals surface area contributed by atoms with E-state index in [1.54, 1.807) is 18.7 Å². The number of anilines is 1. The predicted octanol–water partition coefficient (Wildman–Crippen LogP) is 1.51. The van der Waals surface area contributed by atoms with Gasteiger partial charge in [-0.2, -0.15) is 0 Å². The van der Waals surface area contributed by atoms with Gasteiger partial charge in [-0.15, -0.1) is 0 Å². The summed E-state index contributed by atoms with van der Waals surface area (Å²) >= 11 is 1.26. The van der Waals surface area contributed by atoms with Gasteiger partial charge in [-0.05, 0) is 6.92 Å². The Kier molecular flexibility index (Phi) is 2.36. The molecular weight excluding hydrogens is 200 g/mol. The molecule has 0 fully saturated rings.